The van der Waals surface area contributed by atoms with Gasteiger partial charge < -0.3 is 15.3 Å². The van der Waals surface area contributed by atoms with Crippen LogP contribution in [0.4, 0.5) is 4.79 Å². The fourth-order valence-corrected chi connectivity index (χ4v) is 3.19. The molecular formula is C14H21N3O5. The van der Waals surface area contributed by atoms with Crippen LogP contribution in [0.15, 0.2) is 0 Å². The van der Waals surface area contributed by atoms with Gasteiger partial charge in [-0.15, -0.1) is 0 Å². The van der Waals surface area contributed by atoms with E-state index in [9.17, 15) is 19.2 Å². The van der Waals surface area contributed by atoms with Crippen molar-refractivity contribution in [1.29, 1.82) is 0 Å². The Morgan fingerprint density at radius 3 is 2.68 bits per heavy atom. The highest BCUT2D eigenvalue weighted by Gasteiger charge is 2.55. The second-order valence-electron chi connectivity index (χ2n) is 6.08. The predicted octanol–water partition coefficient (Wildman–Crippen LogP) is 0.0301. The van der Waals surface area contributed by atoms with E-state index in [-0.39, 0.29) is 11.8 Å². The van der Waals surface area contributed by atoms with E-state index in [0.717, 1.165) is 29.1 Å². The lowest BCUT2D eigenvalue weighted by Gasteiger charge is -2.36. The molecule has 0 aromatic heterocycles. The van der Waals surface area contributed by atoms with Crippen LogP contribution in [0.1, 0.15) is 32.6 Å². The first-order chi connectivity index (χ1) is 10.3. The van der Waals surface area contributed by atoms with Crippen LogP contribution in [0.2, 0.25) is 0 Å². The van der Waals surface area contributed by atoms with Gasteiger partial charge in [0.1, 0.15) is 18.6 Å². The Morgan fingerprint density at radius 2 is 2.09 bits per heavy atom. The summed E-state index contributed by atoms with van der Waals surface area (Å²) in [6.07, 6.45) is 3.31. The first kappa shape index (κ1) is 16.3. The van der Waals surface area contributed by atoms with Crippen molar-refractivity contribution in [2.45, 2.75) is 38.1 Å². The fourth-order valence-electron chi connectivity index (χ4n) is 3.19. The summed E-state index contributed by atoms with van der Waals surface area (Å²) in [5.74, 6) is -2.08. The zero-order valence-electron chi connectivity index (χ0n) is 12.8. The van der Waals surface area contributed by atoms with E-state index < -0.39 is 36.5 Å². The standard InChI is InChI=1S/C14H21N3O5/c1-9-5-3-4-6-14(9)12(21)17(13(22)15-14)7-10(18)16(2)8-11(19)20/h9H,3-8H2,1-2H3,(H,15,22)(H,19,20). The lowest BCUT2D eigenvalue weighted by Crippen LogP contribution is -2.54. The molecule has 1 aliphatic heterocycles. The number of carboxylic acid groups (broad SMARTS) is 1. The first-order valence-electron chi connectivity index (χ1n) is 7.38. The van der Waals surface area contributed by atoms with Crippen molar-refractivity contribution in [1.82, 2.24) is 15.1 Å². The summed E-state index contributed by atoms with van der Waals surface area (Å²) in [5, 5.41) is 11.4. The zero-order chi connectivity index (χ0) is 16.5. The molecule has 2 unspecified atom stereocenters. The molecule has 122 valence electrons. The van der Waals surface area contributed by atoms with Gasteiger partial charge in [0.25, 0.3) is 5.91 Å². The number of imide groups is 1. The molecule has 1 heterocycles. The maximum absolute atomic E-state index is 12.6. The minimum absolute atomic E-state index is 0.0227. The number of aliphatic carboxylic acids is 1. The van der Waals surface area contributed by atoms with Crippen LogP contribution in [-0.2, 0) is 14.4 Å². The molecule has 2 fully saturated rings. The number of urea groups is 1. The van der Waals surface area contributed by atoms with Gasteiger partial charge in [-0.3, -0.25) is 19.3 Å². The Kier molecular flexibility index (Phi) is 4.39. The number of nitrogens with zero attached hydrogens (tertiary/aromatic N) is 2. The normalized spacial score (nSPS) is 27.9. The smallest absolute Gasteiger partial charge is 0.325 e. The number of hydrogen-bond acceptors (Lipinski definition) is 4. The van der Waals surface area contributed by atoms with E-state index in [1.54, 1.807) is 0 Å². The number of nitrogens with one attached hydrogen (secondary N) is 1. The van der Waals surface area contributed by atoms with E-state index in [0.29, 0.717) is 6.42 Å². The van der Waals surface area contributed by atoms with Crippen molar-refractivity contribution in [2.75, 3.05) is 20.1 Å². The third-order valence-corrected chi connectivity index (χ3v) is 4.59. The van der Waals surface area contributed by atoms with Crippen molar-refractivity contribution in [3.05, 3.63) is 0 Å². The van der Waals surface area contributed by atoms with Gasteiger partial charge in [0.05, 0.1) is 0 Å². The van der Waals surface area contributed by atoms with Gasteiger partial charge in [-0.2, -0.15) is 0 Å². The third kappa shape index (κ3) is 2.77. The summed E-state index contributed by atoms with van der Waals surface area (Å²) in [5.41, 5.74) is -0.902. The summed E-state index contributed by atoms with van der Waals surface area (Å²) < 4.78 is 0. The molecule has 1 aliphatic carbocycles. The molecule has 8 nitrogen and oxygen atoms in total. The van der Waals surface area contributed by atoms with Gasteiger partial charge in [0, 0.05) is 7.05 Å². The topological polar surface area (TPSA) is 107 Å². The first-order valence-corrected chi connectivity index (χ1v) is 7.38. The van der Waals surface area contributed by atoms with Crippen molar-refractivity contribution in [2.24, 2.45) is 5.92 Å². The SMILES string of the molecule is CC1CCCCC12NC(=O)N(CC(=O)N(C)CC(=O)O)C2=O. The van der Waals surface area contributed by atoms with Crippen LogP contribution in [0.3, 0.4) is 0 Å². The maximum atomic E-state index is 12.6. The molecule has 1 saturated carbocycles. The number of carbonyl (C=O) groups excluding carboxylic acids is 3. The second-order valence-corrected chi connectivity index (χ2v) is 6.08. The molecule has 1 spiro atoms. The number of carboxylic acids is 1. The van der Waals surface area contributed by atoms with Crippen molar-refractivity contribution < 1.29 is 24.3 Å². The molecule has 4 amide bonds. The Hall–Kier alpha value is -2.12. The minimum Gasteiger partial charge on any atom is -0.480 e. The Bertz CT molecular complexity index is 521. The third-order valence-electron chi connectivity index (χ3n) is 4.59. The molecule has 0 radical (unpaired) electrons. The Balaban J connectivity index is 2.09. The average molecular weight is 311 g/mol. The summed E-state index contributed by atoms with van der Waals surface area (Å²) in [6.45, 7) is 1.03. The van der Waals surface area contributed by atoms with Crippen LogP contribution < -0.4 is 5.32 Å². The zero-order valence-corrected chi connectivity index (χ0v) is 12.8. The van der Waals surface area contributed by atoms with Crippen LogP contribution in [0, 0.1) is 5.92 Å². The molecule has 2 atom stereocenters. The number of carbonyl (C=O) groups is 4. The van der Waals surface area contributed by atoms with Gasteiger partial charge in [-0.05, 0) is 18.8 Å². The Morgan fingerprint density at radius 1 is 1.41 bits per heavy atom. The van der Waals surface area contributed by atoms with Crippen LogP contribution in [0.5, 0.6) is 0 Å². The highest BCUT2D eigenvalue weighted by Crippen LogP contribution is 2.38. The van der Waals surface area contributed by atoms with Gasteiger partial charge >= 0.3 is 12.0 Å². The molecule has 2 aliphatic rings. The second kappa shape index (κ2) is 5.94. The van der Waals surface area contributed by atoms with Gasteiger partial charge in [0.2, 0.25) is 5.91 Å². The van der Waals surface area contributed by atoms with E-state index in [4.69, 9.17) is 5.11 Å². The Labute approximate surface area is 128 Å². The van der Waals surface area contributed by atoms with Crippen molar-refractivity contribution >= 4 is 23.8 Å². The van der Waals surface area contributed by atoms with Crippen LogP contribution in [-0.4, -0.2) is 64.4 Å². The molecule has 0 aromatic carbocycles. The highest BCUT2D eigenvalue weighted by molar-refractivity contribution is 6.09. The van der Waals surface area contributed by atoms with E-state index in [2.05, 4.69) is 5.32 Å². The molecular weight excluding hydrogens is 290 g/mol. The monoisotopic (exact) mass is 311 g/mol. The van der Waals surface area contributed by atoms with Crippen molar-refractivity contribution in [3.63, 3.8) is 0 Å². The molecule has 2 rings (SSSR count). The van der Waals surface area contributed by atoms with Crippen molar-refractivity contribution in [3.8, 4) is 0 Å². The molecule has 2 N–H and O–H groups in total. The maximum Gasteiger partial charge on any atom is 0.325 e. The predicted molar refractivity (Wildman–Crippen MR) is 75.9 cm³/mol. The molecule has 22 heavy (non-hydrogen) atoms. The number of amides is 4. The van der Waals surface area contributed by atoms with Crippen LogP contribution in [0.25, 0.3) is 0 Å². The minimum atomic E-state index is -1.15. The van der Waals surface area contributed by atoms with Gasteiger partial charge in [-0.1, -0.05) is 19.8 Å². The van der Waals surface area contributed by atoms with Crippen LogP contribution >= 0.6 is 0 Å². The lowest BCUT2D eigenvalue weighted by molar-refractivity contribution is -0.145. The number of hydrogen-bond donors (Lipinski definition) is 2. The van der Waals surface area contributed by atoms with E-state index in [1.165, 1.54) is 7.05 Å². The summed E-state index contributed by atoms with van der Waals surface area (Å²) in [7, 11) is 1.33. The van der Waals surface area contributed by atoms with E-state index >= 15 is 0 Å². The average Bonchev–Trinajstić information content (AvgIpc) is 2.67. The summed E-state index contributed by atoms with van der Waals surface area (Å²) in [6, 6.07) is -0.573. The largest absolute Gasteiger partial charge is 0.480 e. The van der Waals surface area contributed by atoms with Gasteiger partial charge in [-0.25, -0.2) is 4.79 Å². The van der Waals surface area contributed by atoms with Gasteiger partial charge in [0.15, 0.2) is 0 Å². The summed E-state index contributed by atoms with van der Waals surface area (Å²) >= 11 is 0. The quantitative estimate of drug-likeness (QED) is 0.712. The van der Waals surface area contributed by atoms with E-state index in [1.807, 2.05) is 6.92 Å². The molecule has 1 saturated heterocycles. The number of likely N-dealkylation sites (N-methyl/N-ethyl adjacent to an activating group) is 1. The highest BCUT2D eigenvalue weighted by atomic mass is 16.4. The summed E-state index contributed by atoms with van der Waals surface area (Å²) in [4.78, 5) is 49.2. The molecule has 8 heteroatoms. The lowest BCUT2D eigenvalue weighted by atomic mass is 9.73. The number of rotatable bonds is 4. The fraction of sp³-hybridized carbons (Fsp3) is 0.714. The molecule has 0 bridgehead atoms. The molecule has 0 aromatic rings.